The van der Waals surface area contributed by atoms with Gasteiger partial charge in [0.15, 0.2) is 6.61 Å². The molecule has 1 heterocycles. The molecule has 2 aliphatic rings. The van der Waals surface area contributed by atoms with Gasteiger partial charge in [0.1, 0.15) is 5.75 Å². The fraction of sp³-hybridized carbons (Fsp3) is 0.400. The molecule has 8 nitrogen and oxygen atoms in total. The van der Waals surface area contributed by atoms with Gasteiger partial charge in [0, 0.05) is 6.54 Å². The Kier molecular flexibility index (Phi) is 5.10. The van der Waals surface area contributed by atoms with Crippen LogP contribution >= 0.6 is 0 Å². The SMILES string of the molecule is NC(=O)Cc1ccc(OCc2noc(C(=O)NC[C@@H]3C[C@@H]4C=C[C@H]3C4)n2)cc1. The number of primary amides is 1. The highest BCUT2D eigenvalue weighted by Crippen LogP contribution is 2.42. The molecule has 4 rings (SSSR count). The molecule has 1 aromatic heterocycles. The number of hydrogen-bond acceptors (Lipinski definition) is 6. The number of fused-ring (bicyclic) bond motifs is 2. The predicted octanol–water partition coefficient (Wildman–Crippen LogP) is 1.62. The second kappa shape index (κ2) is 7.84. The third-order valence-electron chi connectivity index (χ3n) is 5.27. The lowest BCUT2D eigenvalue weighted by molar-refractivity contribution is -0.117. The van der Waals surface area contributed by atoms with Crippen LogP contribution in [0.4, 0.5) is 0 Å². The minimum atomic E-state index is -0.386. The second-order valence-electron chi connectivity index (χ2n) is 7.34. The number of rotatable bonds is 8. The number of benzene rings is 1. The van der Waals surface area contributed by atoms with E-state index in [0.717, 1.165) is 12.0 Å². The van der Waals surface area contributed by atoms with E-state index in [2.05, 4.69) is 27.6 Å². The average Bonchev–Trinajstić information content (AvgIpc) is 3.42. The first-order chi connectivity index (χ1) is 13.6. The maximum Gasteiger partial charge on any atom is 0.316 e. The Hall–Kier alpha value is -3.16. The molecule has 1 aromatic carbocycles. The van der Waals surface area contributed by atoms with Gasteiger partial charge < -0.3 is 20.3 Å². The number of allylic oxidation sites excluding steroid dienone is 2. The molecule has 8 heteroatoms. The third-order valence-corrected chi connectivity index (χ3v) is 5.27. The van der Waals surface area contributed by atoms with Crippen molar-refractivity contribution < 1.29 is 18.8 Å². The van der Waals surface area contributed by atoms with E-state index in [-0.39, 0.29) is 36.6 Å². The fourth-order valence-electron chi connectivity index (χ4n) is 3.89. The number of carbonyl (C=O) groups excluding carboxylic acids is 2. The Morgan fingerprint density at radius 2 is 2.04 bits per heavy atom. The zero-order chi connectivity index (χ0) is 19.5. The third kappa shape index (κ3) is 4.21. The van der Waals surface area contributed by atoms with E-state index in [1.54, 1.807) is 24.3 Å². The molecule has 28 heavy (non-hydrogen) atoms. The summed E-state index contributed by atoms with van der Waals surface area (Å²) >= 11 is 0. The van der Waals surface area contributed by atoms with Crippen LogP contribution in [0.1, 0.15) is 34.9 Å². The summed E-state index contributed by atoms with van der Waals surface area (Å²) in [5, 5.41) is 6.67. The van der Waals surface area contributed by atoms with Crippen LogP contribution in [0.2, 0.25) is 0 Å². The number of aromatic nitrogens is 2. The van der Waals surface area contributed by atoms with Crippen molar-refractivity contribution in [3.05, 3.63) is 53.7 Å². The molecule has 1 fully saturated rings. The highest BCUT2D eigenvalue weighted by Gasteiger charge is 2.35. The Bertz CT molecular complexity index is 890. The minimum Gasteiger partial charge on any atom is -0.485 e. The second-order valence-corrected chi connectivity index (χ2v) is 7.34. The first-order valence-electron chi connectivity index (χ1n) is 9.36. The van der Waals surface area contributed by atoms with Crippen LogP contribution in [-0.4, -0.2) is 28.5 Å². The summed E-state index contributed by atoms with van der Waals surface area (Å²) < 4.78 is 10.6. The Morgan fingerprint density at radius 3 is 2.71 bits per heavy atom. The molecular weight excluding hydrogens is 360 g/mol. The van der Waals surface area contributed by atoms with E-state index in [1.807, 2.05) is 0 Å². The summed E-state index contributed by atoms with van der Waals surface area (Å²) in [6.07, 6.45) is 7.04. The van der Waals surface area contributed by atoms with E-state index >= 15 is 0 Å². The van der Waals surface area contributed by atoms with Crippen LogP contribution in [0.25, 0.3) is 0 Å². The molecule has 2 aromatic rings. The van der Waals surface area contributed by atoms with Crippen molar-refractivity contribution >= 4 is 11.8 Å². The van der Waals surface area contributed by atoms with E-state index in [4.69, 9.17) is 15.0 Å². The molecule has 146 valence electrons. The average molecular weight is 382 g/mol. The van der Waals surface area contributed by atoms with E-state index in [0.29, 0.717) is 30.0 Å². The molecule has 3 N–H and O–H groups in total. The zero-order valence-corrected chi connectivity index (χ0v) is 15.3. The monoisotopic (exact) mass is 382 g/mol. The summed E-state index contributed by atoms with van der Waals surface area (Å²) in [5.74, 6) is 1.80. The van der Waals surface area contributed by atoms with Crippen molar-refractivity contribution in [1.29, 1.82) is 0 Å². The maximum absolute atomic E-state index is 12.2. The van der Waals surface area contributed by atoms with Gasteiger partial charge in [0.2, 0.25) is 11.7 Å². The van der Waals surface area contributed by atoms with Crippen LogP contribution in [0.5, 0.6) is 5.75 Å². The lowest BCUT2D eigenvalue weighted by atomic mass is 9.94. The van der Waals surface area contributed by atoms with Crippen molar-refractivity contribution in [3.63, 3.8) is 0 Å². The van der Waals surface area contributed by atoms with E-state index < -0.39 is 0 Å². The smallest absolute Gasteiger partial charge is 0.316 e. The Labute approximate surface area is 162 Å². The normalized spacial score (nSPS) is 22.4. The lowest BCUT2D eigenvalue weighted by Crippen LogP contribution is -2.31. The number of carbonyl (C=O) groups is 2. The van der Waals surface area contributed by atoms with Crippen molar-refractivity contribution in [2.24, 2.45) is 23.5 Å². The van der Waals surface area contributed by atoms with Gasteiger partial charge in [0.25, 0.3) is 0 Å². The number of nitrogens with one attached hydrogen (secondary N) is 1. The van der Waals surface area contributed by atoms with Crippen molar-refractivity contribution in [1.82, 2.24) is 15.5 Å². The summed E-state index contributed by atoms with van der Waals surface area (Å²) in [6, 6.07) is 6.99. The largest absolute Gasteiger partial charge is 0.485 e. The van der Waals surface area contributed by atoms with Crippen LogP contribution < -0.4 is 15.8 Å². The van der Waals surface area contributed by atoms with Gasteiger partial charge in [-0.15, -0.1) is 0 Å². The van der Waals surface area contributed by atoms with Gasteiger partial charge in [-0.25, -0.2) is 0 Å². The lowest BCUT2D eigenvalue weighted by Gasteiger charge is -2.17. The molecule has 0 saturated heterocycles. The summed E-state index contributed by atoms with van der Waals surface area (Å²) in [6.45, 7) is 0.694. The van der Waals surface area contributed by atoms with E-state index in [9.17, 15) is 9.59 Å². The number of amides is 2. The van der Waals surface area contributed by atoms with Crippen molar-refractivity contribution in [2.75, 3.05) is 6.54 Å². The molecule has 0 unspecified atom stereocenters. The molecule has 0 aliphatic heterocycles. The zero-order valence-electron chi connectivity index (χ0n) is 15.3. The van der Waals surface area contributed by atoms with Crippen LogP contribution in [0, 0.1) is 17.8 Å². The summed E-state index contributed by atoms with van der Waals surface area (Å²) in [7, 11) is 0. The molecule has 0 radical (unpaired) electrons. The molecule has 0 spiro atoms. The van der Waals surface area contributed by atoms with Gasteiger partial charge in [-0.3, -0.25) is 9.59 Å². The molecule has 2 bridgehead atoms. The van der Waals surface area contributed by atoms with Crippen LogP contribution in [0.3, 0.4) is 0 Å². The number of ether oxygens (including phenoxy) is 1. The predicted molar refractivity (Wildman–Crippen MR) is 99.1 cm³/mol. The first kappa shape index (κ1) is 18.2. The minimum absolute atomic E-state index is 0.0610. The van der Waals surface area contributed by atoms with Gasteiger partial charge >= 0.3 is 11.8 Å². The van der Waals surface area contributed by atoms with Gasteiger partial charge in [0.05, 0.1) is 6.42 Å². The topological polar surface area (TPSA) is 120 Å². The highest BCUT2D eigenvalue weighted by atomic mass is 16.5. The van der Waals surface area contributed by atoms with Crippen LogP contribution in [0.15, 0.2) is 40.9 Å². The van der Waals surface area contributed by atoms with E-state index in [1.165, 1.54) is 6.42 Å². The van der Waals surface area contributed by atoms with Gasteiger partial charge in [-0.1, -0.05) is 29.4 Å². The van der Waals surface area contributed by atoms with Gasteiger partial charge in [-0.2, -0.15) is 4.98 Å². The quantitative estimate of drug-likeness (QED) is 0.669. The van der Waals surface area contributed by atoms with Crippen molar-refractivity contribution in [2.45, 2.75) is 25.9 Å². The number of hydrogen-bond donors (Lipinski definition) is 2. The van der Waals surface area contributed by atoms with Crippen molar-refractivity contribution in [3.8, 4) is 5.75 Å². The standard InChI is InChI=1S/C20H22N4O4/c21-17(25)9-12-2-5-16(6-3-12)27-11-18-23-20(28-24-18)19(26)22-10-15-8-13-1-4-14(15)7-13/h1-6,13-15H,7-11H2,(H2,21,25)(H,22,26)/t13-,14+,15+/m1/s1. The molecule has 2 amide bonds. The first-order valence-corrected chi connectivity index (χ1v) is 9.36. The van der Waals surface area contributed by atoms with Gasteiger partial charge in [-0.05, 0) is 48.3 Å². The maximum atomic E-state index is 12.2. The molecule has 3 atom stereocenters. The summed E-state index contributed by atoms with van der Waals surface area (Å²) in [4.78, 5) is 27.2. The Morgan fingerprint density at radius 1 is 1.21 bits per heavy atom. The molecule has 1 saturated carbocycles. The Balaban J connectivity index is 1.25. The number of nitrogens with two attached hydrogens (primary N) is 1. The molecular formula is C20H22N4O4. The van der Waals surface area contributed by atoms with Crippen LogP contribution in [-0.2, 0) is 17.8 Å². The fourth-order valence-corrected chi connectivity index (χ4v) is 3.89. The highest BCUT2D eigenvalue weighted by molar-refractivity contribution is 5.89. The number of nitrogens with zero attached hydrogens (tertiary/aromatic N) is 2. The molecule has 2 aliphatic carbocycles. The summed E-state index contributed by atoms with van der Waals surface area (Å²) in [5.41, 5.74) is 5.97.